The first kappa shape index (κ1) is 10.4. The summed E-state index contributed by atoms with van der Waals surface area (Å²) in [6.45, 7) is 0. The molecule has 0 aliphatic heterocycles. The van der Waals surface area contributed by atoms with Gasteiger partial charge in [0.15, 0.2) is 0 Å². The van der Waals surface area contributed by atoms with Gasteiger partial charge in [0.25, 0.3) is 6.43 Å². The molecule has 14 heavy (non-hydrogen) atoms. The van der Waals surface area contributed by atoms with Crippen molar-refractivity contribution in [2.45, 2.75) is 6.43 Å². The molecule has 0 amide bonds. The van der Waals surface area contributed by atoms with E-state index in [0.717, 1.165) is 12.1 Å². The van der Waals surface area contributed by atoms with Crippen LogP contribution in [0, 0.1) is 0 Å². The van der Waals surface area contributed by atoms with Gasteiger partial charge in [-0.25, -0.2) is 18.6 Å². The Bertz CT molecular complexity index is 354. The first-order chi connectivity index (χ1) is 6.54. The Morgan fingerprint density at radius 2 is 2.21 bits per heavy atom. The number of alkyl halides is 2. The van der Waals surface area contributed by atoms with Gasteiger partial charge >= 0.3 is 5.97 Å². The number of ether oxygens (including phenoxy) is 1. The number of carboxylic acid groups (broad SMARTS) is 1. The Morgan fingerprint density at radius 3 is 2.64 bits per heavy atom. The molecule has 0 atom stereocenters. The molecular formula is C8H7F2NO3. The van der Waals surface area contributed by atoms with Gasteiger partial charge in [0.1, 0.15) is 5.69 Å². The molecule has 1 aromatic rings. The minimum atomic E-state index is -2.82. The van der Waals surface area contributed by atoms with E-state index in [4.69, 9.17) is 5.11 Å². The number of pyridine rings is 1. The summed E-state index contributed by atoms with van der Waals surface area (Å²) in [5.41, 5.74) is -0.881. The van der Waals surface area contributed by atoms with Crippen LogP contribution in [0.15, 0.2) is 12.1 Å². The maximum absolute atomic E-state index is 12.2. The van der Waals surface area contributed by atoms with Crippen molar-refractivity contribution < 1.29 is 23.4 Å². The highest BCUT2D eigenvalue weighted by Gasteiger charge is 2.14. The highest BCUT2D eigenvalue weighted by Crippen LogP contribution is 2.21. The summed E-state index contributed by atoms with van der Waals surface area (Å²) in [6, 6.07) is 1.89. The molecule has 0 unspecified atom stereocenters. The number of aromatic nitrogens is 1. The topological polar surface area (TPSA) is 59.4 Å². The number of carbonyl (C=O) groups is 1. The lowest BCUT2D eigenvalue weighted by Gasteiger charge is -2.04. The van der Waals surface area contributed by atoms with E-state index in [1.54, 1.807) is 0 Å². The Morgan fingerprint density at radius 1 is 1.57 bits per heavy atom. The van der Waals surface area contributed by atoms with Crippen LogP contribution >= 0.6 is 0 Å². The zero-order valence-corrected chi connectivity index (χ0v) is 7.20. The maximum atomic E-state index is 12.2. The molecule has 6 heteroatoms. The normalized spacial score (nSPS) is 10.3. The van der Waals surface area contributed by atoms with Gasteiger partial charge in [-0.05, 0) is 6.07 Å². The van der Waals surface area contributed by atoms with Crippen molar-refractivity contribution in [3.63, 3.8) is 0 Å². The van der Waals surface area contributed by atoms with Gasteiger partial charge in [-0.1, -0.05) is 0 Å². The zero-order chi connectivity index (χ0) is 10.7. The van der Waals surface area contributed by atoms with E-state index < -0.39 is 18.1 Å². The van der Waals surface area contributed by atoms with Gasteiger partial charge < -0.3 is 9.84 Å². The SMILES string of the molecule is COc1cc(C(=O)O)cc(C(F)F)n1. The number of hydrogen-bond acceptors (Lipinski definition) is 3. The third-order valence-electron chi connectivity index (χ3n) is 1.50. The number of halogens is 2. The molecule has 1 N–H and O–H groups in total. The number of rotatable bonds is 3. The molecule has 0 aromatic carbocycles. The van der Waals surface area contributed by atoms with Gasteiger partial charge in [0.05, 0.1) is 12.7 Å². The third kappa shape index (κ3) is 2.15. The van der Waals surface area contributed by atoms with Crippen LogP contribution in [0.3, 0.4) is 0 Å². The fourth-order valence-electron chi connectivity index (χ4n) is 0.866. The van der Waals surface area contributed by atoms with E-state index in [1.807, 2.05) is 0 Å². The Balaban J connectivity index is 3.20. The molecule has 4 nitrogen and oxygen atoms in total. The zero-order valence-electron chi connectivity index (χ0n) is 7.20. The van der Waals surface area contributed by atoms with E-state index in [2.05, 4.69) is 9.72 Å². The largest absolute Gasteiger partial charge is 0.481 e. The van der Waals surface area contributed by atoms with Crippen LogP contribution in [0.1, 0.15) is 22.5 Å². The summed E-state index contributed by atoms with van der Waals surface area (Å²) in [5, 5.41) is 8.58. The second-order valence-electron chi connectivity index (χ2n) is 2.43. The molecule has 1 aromatic heterocycles. The summed E-state index contributed by atoms with van der Waals surface area (Å²) in [6.07, 6.45) is -2.82. The summed E-state index contributed by atoms with van der Waals surface area (Å²) in [7, 11) is 1.23. The van der Waals surface area contributed by atoms with Crippen LogP contribution < -0.4 is 4.74 Å². The lowest BCUT2D eigenvalue weighted by Crippen LogP contribution is -2.02. The lowest BCUT2D eigenvalue weighted by atomic mass is 10.2. The number of nitrogens with zero attached hydrogens (tertiary/aromatic N) is 1. The maximum Gasteiger partial charge on any atom is 0.335 e. The fourth-order valence-corrected chi connectivity index (χ4v) is 0.866. The minimum absolute atomic E-state index is 0.139. The molecule has 0 fully saturated rings. The van der Waals surface area contributed by atoms with Gasteiger partial charge in [0, 0.05) is 6.07 Å². The van der Waals surface area contributed by atoms with E-state index in [0.29, 0.717) is 0 Å². The number of hydrogen-bond donors (Lipinski definition) is 1. The predicted molar refractivity (Wildman–Crippen MR) is 42.7 cm³/mol. The van der Waals surface area contributed by atoms with Gasteiger partial charge in [-0.3, -0.25) is 0 Å². The van der Waals surface area contributed by atoms with E-state index in [9.17, 15) is 13.6 Å². The molecule has 1 rings (SSSR count). The Kier molecular flexibility index (Phi) is 2.95. The molecule has 0 saturated carbocycles. The highest BCUT2D eigenvalue weighted by molar-refractivity contribution is 5.88. The van der Waals surface area contributed by atoms with Crippen molar-refractivity contribution in [2.24, 2.45) is 0 Å². The molecular weight excluding hydrogens is 196 g/mol. The standard InChI is InChI=1S/C8H7F2NO3/c1-14-6-3-4(8(12)13)2-5(11-6)7(9)10/h2-3,7H,1H3,(H,12,13). The van der Waals surface area contributed by atoms with Crippen LogP contribution in [-0.4, -0.2) is 23.2 Å². The Labute approximate surface area is 78.1 Å². The molecule has 0 bridgehead atoms. The average Bonchev–Trinajstić information content (AvgIpc) is 2.16. The molecule has 0 aliphatic carbocycles. The van der Waals surface area contributed by atoms with Crippen molar-refractivity contribution in [3.8, 4) is 5.88 Å². The van der Waals surface area contributed by atoms with Gasteiger partial charge in [-0.2, -0.15) is 0 Å². The predicted octanol–water partition coefficient (Wildman–Crippen LogP) is 1.73. The first-order valence-electron chi connectivity index (χ1n) is 3.62. The molecule has 0 saturated heterocycles. The molecule has 0 radical (unpaired) electrons. The molecule has 76 valence electrons. The van der Waals surface area contributed by atoms with E-state index >= 15 is 0 Å². The fraction of sp³-hybridized carbons (Fsp3) is 0.250. The van der Waals surface area contributed by atoms with Crippen LogP contribution in [0.4, 0.5) is 8.78 Å². The minimum Gasteiger partial charge on any atom is -0.481 e. The van der Waals surface area contributed by atoms with Crippen LogP contribution in [-0.2, 0) is 0 Å². The Hall–Kier alpha value is -1.72. The quantitative estimate of drug-likeness (QED) is 0.812. The first-order valence-corrected chi connectivity index (χ1v) is 3.62. The smallest absolute Gasteiger partial charge is 0.335 e. The number of methoxy groups -OCH3 is 1. The summed E-state index contributed by atoms with van der Waals surface area (Å²) in [5.74, 6) is -1.44. The van der Waals surface area contributed by atoms with Crippen molar-refractivity contribution in [1.82, 2.24) is 4.98 Å². The van der Waals surface area contributed by atoms with E-state index in [-0.39, 0.29) is 11.4 Å². The number of carboxylic acids is 1. The second-order valence-corrected chi connectivity index (χ2v) is 2.43. The van der Waals surface area contributed by atoms with Crippen LogP contribution in [0.2, 0.25) is 0 Å². The van der Waals surface area contributed by atoms with Crippen LogP contribution in [0.5, 0.6) is 5.88 Å². The lowest BCUT2D eigenvalue weighted by molar-refractivity contribution is 0.0695. The molecule has 0 spiro atoms. The average molecular weight is 203 g/mol. The second kappa shape index (κ2) is 3.99. The van der Waals surface area contributed by atoms with Crippen LogP contribution in [0.25, 0.3) is 0 Å². The summed E-state index contributed by atoms with van der Waals surface area (Å²) >= 11 is 0. The van der Waals surface area contributed by atoms with Crippen molar-refractivity contribution in [3.05, 3.63) is 23.4 Å². The highest BCUT2D eigenvalue weighted by atomic mass is 19.3. The van der Waals surface area contributed by atoms with Crippen molar-refractivity contribution in [2.75, 3.05) is 7.11 Å². The summed E-state index contributed by atoms with van der Waals surface area (Å²) < 4.78 is 29.0. The van der Waals surface area contributed by atoms with Crippen molar-refractivity contribution in [1.29, 1.82) is 0 Å². The summed E-state index contributed by atoms with van der Waals surface area (Å²) in [4.78, 5) is 13.9. The van der Waals surface area contributed by atoms with Gasteiger partial charge in [-0.15, -0.1) is 0 Å². The third-order valence-corrected chi connectivity index (χ3v) is 1.50. The molecule has 1 heterocycles. The van der Waals surface area contributed by atoms with Crippen molar-refractivity contribution >= 4 is 5.97 Å². The monoisotopic (exact) mass is 203 g/mol. The number of aromatic carboxylic acids is 1. The molecule has 0 aliphatic rings. The van der Waals surface area contributed by atoms with E-state index in [1.165, 1.54) is 7.11 Å². The van der Waals surface area contributed by atoms with Gasteiger partial charge in [0.2, 0.25) is 5.88 Å².